The summed E-state index contributed by atoms with van der Waals surface area (Å²) in [4.78, 5) is 10.4. The standard InChI is InChI=1S/C12H18N2O4S/c1-3-10-5-4-6-11(9-10)13-19(17,18)14(2)8-7-12(15)16/h4-6,9,13H,3,7-8H2,1-2H3,(H,15,16). The zero-order valence-electron chi connectivity index (χ0n) is 11.0. The van der Waals surface area contributed by atoms with Gasteiger partial charge in [0.1, 0.15) is 0 Å². The van der Waals surface area contributed by atoms with E-state index in [0.717, 1.165) is 16.3 Å². The van der Waals surface area contributed by atoms with Crippen LogP contribution in [0.25, 0.3) is 0 Å². The van der Waals surface area contributed by atoms with Crippen LogP contribution >= 0.6 is 0 Å². The first-order valence-corrected chi connectivity index (χ1v) is 7.34. The average molecular weight is 286 g/mol. The molecule has 1 aromatic carbocycles. The van der Waals surface area contributed by atoms with Gasteiger partial charge in [0.2, 0.25) is 0 Å². The van der Waals surface area contributed by atoms with Crippen LogP contribution in [-0.4, -0.2) is 37.4 Å². The molecule has 0 aliphatic heterocycles. The second kappa shape index (κ2) is 6.53. The summed E-state index contributed by atoms with van der Waals surface area (Å²) < 4.78 is 27.3. The Morgan fingerprint density at radius 1 is 1.42 bits per heavy atom. The Bertz CT molecular complexity index is 542. The number of aryl methyl sites for hydroxylation is 1. The fourth-order valence-corrected chi connectivity index (χ4v) is 2.37. The summed E-state index contributed by atoms with van der Waals surface area (Å²) in [6, 6.07) is 7.09. The molecule has 0 radical (unpaired) electrons. The summed E-state index contributed by atoms with van der Waals surface area (Å²) in [5, 5.41) is 8.54. The molecule has 0 unspecified atom stereocenters. The van der Waals surface area contributed by atoms with Crippen molar-refractivity contribution in [3.63, 3.8) is 0 Å². The van der Waals surface area contributed by atoms with Crippen molar-refractivity contribution in [2.45, 2.75) is 19.8 Å². The number of hydrogen-bond donors (Lipinski definition) is 2. The zero-order chi connectivity index (χ0) is 14.5. The summed E-state index contributed by atoms with van der Waals surface area (Å²) in [6.07, 6.45) is 0.580. The Labute approximate surface area is 113 Å². The number of carboxylic acid groups (broad SMARTS) is 1. The van der Waals surface area contributed by atoms with E-state index < -0.39 is 16.2 Å². The Balaban J connectivity index is 2.75. The third kappa shape index (κ3) is 4.88. The molecule has 0 saturated carbocycles. The lowest BCUT2D eigenvalue weighted by Crippen LogP contribution is -2.34. The molecule has 19 heavy (non-hydrogen) atoms. The van der Waals surface area contributed by atoms with Crippen molar-refractivity contribution >= 4 is 21.9 Å². The molecule has 2 N–H and O–H groups in total. The highest BCUT2D eigenvalue weighted by atomic mass is 32.2. The van der Waals surface area contributed by atoms with Crippen LogP contribution in [0.3, 0.4) is 0 Å². The van der Waals surface area contributed by atoms with Crippen LogP contribution in [0.2, 0.25) is 0 Å². The van der Waals surface area contributed by atoms with Gasteiger partial charge < -0.3 is 5.11 Å². The normalized spacial score (nSPS) is 11.5. The van der Waals surface area contributed by atoms with Crippen molar-refractivity contribution in [1.82, 2.24) is 4.31 Å². The largest absolute Gasteiger partial charge is 0.481 e. The van der Waals surface area contributed by atoms with Crippen LogP contribution in [0.5, 0.6) is 0 Å². The highest BCUT2D eigenvalue weighted by Gasteiger charge is 2.18. The average Bonchev–Trinajstić information content (AvgIpc) is 2.35. The van der Waals surface area contributed by atoms with Crippen LogP contribution in [-0.2, 0) is 21.4 Å². The van der Waals surface area contributed by atoms with E-state index in [9.17, 15) is 13.2 Å². The van der Waals surface area contributed by atoms with Crippen LogP contribution in [0.4, 0.5) is 5.69 Å². The molecule has 0 amide bonds. The second-order valence-electron chi connectivity index (χ2n) is 4.13. The predicted octanol–water partition coefficient (Wildman–Crippen LogP) is 1.31. The number of nitrogens with one attached hydrogen (secondary N) is 1. The summed E-state index contributed by atoms with van der Waals surface area (Å²) in [6.45, 7) is 1.91. The Morgan fingerprint density at radius 2 is 2.11 bits per heavy atom. The first-order valence-electron chi connectivity index (χ1n) is 5.90. The fraction of sp³-hybridized carbons (Fsp3) is 0.417. The summed E-state index contributed by atoms with van der Waals surface area (Å²) in [7, 11) is -2.37. The maximum atomic E-state index is 11.9. The maximum Gasteiger partial charge on any atom is 0.304 e. The third-order valence-electron chi connectivity index (χ3n) is 2.63. The van der Waals surface area contributed by atoms with Gasteiger partial charge in [-0.25, -0.2) is 0 Å². The van der Waals surface area contributed by atoms with Crippen molar-refractivity contribution in [3.05, 3.63) is 29.8 Å². The maximum absolute atomic E-state index is 11.9. The minimum Gasteiger partial charge on any atom is -0.481 e. The minimum absolute atomic E-state index is 0.0713. The molecule has 0 saturated heterocycles. The number of aliphatic carboxylic acids is 1. The Morgan fingerprint density at radius 3 is 2.68 bits per heavy atom. The van der Waals surface area contributed by atoms with Crippen molar-refractivity contribution in [2.75, 3.05) is 18.3 Å². The van der Waals surface area contributed by atoms with Gasteiger partial charge >= 0.3 is 16.2 Å². The number of carbonyl (C=O) groups is 1. The van der Waals surface area contributed by atoms with Gasteiger partial charge in [-0.2, -0.15) is 12.7 Å². The molecule has 0 heterocycles. The zero-order valence-corrected chi connectivity index (χ0v) is 11.8. The molecule has 1 rings (SSSR count). The SMILES string of the molecule is CCc1cccc(NS(=O)(=O)N(C)CCC(=O)O)c1. The van der Waals surface area contributed by atoms with Crippen LogP contribution in [0, 0.1) is 0 Å². The molecular formula is C12H18N2O4S. The van der Waals surface area contributed by atoms with Gasteiger partial charge in [-0.3, -0.25) is 9.52 Å². The molecule has 0 aliphatic rings. The van der Waals surface area contributed by atoms with Crippen molar-refractivity contribution < 1.29 is 18.3 Å². The highest BCUT2D eigenvalue weighted by Crippen LogP contribution is 2.14. The molecule has 1 aromatic rings. The van der Waals surface area contributed by atoms with Crippen molar-refractivity contribution in [2.24, 2.45) is 0 Å². The molecule has 0 aliphatic carbocycles. The third-order valence-corrected chi connectivity index (χ3v) is 4.13. The highest BCUT2D eigenvalue weighted by molar-refractivity contribution is 7.90. The van der Waals surface area contributed by atoms with Crippen molar-refractivity contribution in [1.29, 1.82) is 0 Å². The lowest BCUT2D eigenvalue weighted by atomic mass is 10.1. The molecule has 0 bridgehead atoms. The fourth-order valence-electron chi connectivity index (χ4n) is 1.45. The van der Waals surface area contributed by atoms with E-state index in [1.54, 1.807) is 18.2 Å². The summed E-state index contributed by atoms with van der Waals surface area (Å²) >= 11 is 0. The number of benzene rings is 1. The van der Waals surface area contributed by atoms with E-state index in [4.69, 9.17) is 5.11 Å². The number of nitrogens with zero attached hydrogens (tertiary/aromatic N) is 1. The van der Waals surface area contributed by atoms with Gasteiger partial charge in [0.05, 0.1) is 12.1 Å². The van der Waals surface area contributed by atoms with E-state index in [1.807, 2.05) is 13.0 Å². The second-order valence-corrected chi connectivity index (χ2v) is 5.90. The number of rotatable bonds is 7. The Kier molecular flexibility index (Phi) is 5.31. The molecule has 0 aromatic heterocycles. The van der Waals surface area contributed by atoms with Gasteiger partial charge in [0.15, 0.2) is 0 Å². The monoisotopic (exact) mass is 286 g/mol. The summed E-state index contributed by atoms with van der Waals surface area (Å²) in [5.41, 5.74) is 1.50. The lowest BCUT2D eigenvalue weighted by Gasteiger charge is -2.17. The molecule has 106 valence electrons. The number of carboxylic acids is 1. The molecule has 6 nitrogen and oxygen atoms in total. The predicted molar refractivity (Wildman–Crippen MR) is 73.2 cm³/mol. The number of hydrogen-bond acceptors (Lipinski definition) is 3. The van der Waals surface area contributed by atoms with Crippen LogP contribution < -0.4 is 4.72 Å². The van der Waals surface area contributed by atoms with Crippen molar-refractivity contribution in [3.8, 4) is 0 Å². The van der Waals surface area contributed by atoms with E-state index in [0.29, 0.717) is 5.69 Å². The smallest absolute Gasteiger partial charge is 0.304 e. The first kappa shape index (κ1) is 15.5. The topological polar surface area (TPSA) is 86.7 Å². The van der Waals surface area contributed by atoms with E-state index in [-0.39, 0.29) is 13.0 Å². The van der Waals surface area contributed by atoms with Gasteiger partial charge in [0, 0.05) is 13.6 Å². The van der Waals surface area contributed by atoms with Crippen LogP contribution in [0.1, 0.15) is 18.9 Å². The minimum atomic E-state index is -3.71. The molecular weight excluding hydrogens is 268 g/mol. The Hall–Kier alpha value is -1.60. The quantitative estimate of drug-likeness (QED) is 0.791. The van der Waals surface area contributed by atoms with Crippen LogP contribution in [0.15, 0.2) is 24.3 Å². The van der Waals surface area contributed by atoms with Gasteiger partial charge in [-0.15, -0.1) is 0 Å². The molecule has 7 heteroatoms. The lowest BCUT2D eigenvalue weighted by molar-refractivity contribution is -0.137. The van der Waals surface area contributed by atoms with E-state index >= 15 is 0 Å². The van der Waals surface area contributed by atoms with Gasteiger partial charge in [-0.05, 0) is 24.1 Å². The van der Waals surface area contributed by atoms with E-state index in [2.05, 4.69) is 4.72 Å². The number of anilines is 1. The van der Waals surface area contributed by atoms with Gasteiger partial charge in [-0.1, -0.05) is 19.1 Å². The first-order chi connectivity index (χ1) is 8.85. The molecule has 0 fully saturated rings. The van der Waals surface area contributed by atoms with Gasteiger partial charge in [0.25, 0.3) is 0 Å². The summed E-state index contributed by atoms with van der Waals surface area (Å²) in [5.74, 6) is -1.03. The molecule has 0 atom stereocenters. The van der Waals surface area contributed by atoms with E-state index in [1.165, 1.54) is 7.05 Å². The molecule has 0 spiro atoms.